The fraction of sp³-hybridized carbons (Fsp3) is 0.462. The Bertz CT molecular complexity index is 540. The normalized spacial score (nSPS) is 16.2. The molecule has 0 radical (unpaired) electrons. The van der Waals surface area contributed by atoms with Crippen molar-refractivity contribution in [2.75, 3.05) is 7.11 Å². The van der Waals surface area contributed by atoms with E-state index in [1.165, 1.54) is 25.3 Å². The number of carbonyl (C=O) groups is 1. The molecule has 7 heteroatoms. The van der Waals surface area contributed by atoms with E-state index < -0.39 is 16.4 Å². The fourth-order valence-electron chi connectivity index (χ4n) is 2.28. The number of nitrogens with zero attached hydrogens (tertiary/aromatic N) is 1. The first-order valence-corrected chi connectivity index (χ1v) is 6.28. The Morgan fingerprint density at radius 3 is 2.70 bits per heavy atom. The second kappa shape index (κ2) is 5.46. The summed E-state index contributed by atoms with van der Waals surface area (Å²) in [6.45, 7) is 0.219. The molecule has 0 saturated heterocycles. The van der Waals surface area contributed by atoms with Gasteiger partial charge in [0.1, 0.15) is 11.3 Å². The predicted octanol–water partition coefficient (Wildman–Crippen LogP) is 1.70. The van der Waals surface area contributed by atoms with Gasteiger partial charge in [-0.05, 0) is 25.3 Å². The molecule has 1 aliphatic rings. The van der Waals surface area contributed by atoms with E-state index in [1.807, 2.05) is 0 Å². The second-order valence-corrected chi connectivity index (χ2v) is 4.85. The largest absolute Gasteiger partial charge is 0.496 e. The standard InChI is InChI=1S/C13H16N2O5/c1-20-11-4-3-10(15(18)19)7-9(11)8-14-13(12(16)17)5-2-6-13/h3-4,7,14H,2,5-6,8H2,1H3,(H,16,17). The van der Waals surface area contributed by atoms with Gasteiger partial charge in [-0.2, -0.15) is 0 Å². The molecule has 2 N–H and O–H groups in total. The van der Waals surface area contributed by atoms with Gasteiger partial charge in [0.05, 0.1) is 12.0 Å². The molecule has 1 fully saturated rings. The molecule has 1 aromatic carbocycles. The third-order valence-electron chi connectivity index (χ3n) is 3.71. The van der Waals surface area contributed by atoms with Crippen molar-refractivity contribution in [1.29, 1.82) is 0 Å². The minimum atomic E-state index is -0.907. The van der Waals surface area contributed by atoms with Crippen molar-refractivity contribution in [3.63, 3.8) is 0 Å². The van der Waals surface area contributed by atoms with Crippen LogP contribution in [0.15, 0.2) is 18.2 Å². The molecule has 20 heavy (non-hydrogen) atoms. The lowest BCUT2D eigenvalue weighted by molar-refractivity contribution is -0.384. The van der Waals surface area contributed by atoms with E-state index in [0.29, 0.717) is 24.2 Å². The number of ether oxygens (including phenoxy) is 1. The lowest BCUT2D eigenvalue weighted by Gasteiger charge is -2.38. The summed E-state index contributed by atoms with van der Waals surface area (Å²) in [4.78, 5) is 21.5. The molecule has 2 rings (SSSR count). The van der Waals surface area contributed by atoms with Crippen LogP contribution in [0.25, 0.3) is 0 Å². The Balaban J connectivity index is 2.17. The summed E-state index contributed by atoms with van der Waals surface area (Å²) in [5, 5.41) is 23.0. The summed E-state index contributed by atoms with van der Waals surface area (Å²) >= 11 is 0. The average molecular weight is 280 g/mol. The smallest absolute Gasteiger partial charge is 0.323 e. The molecule has 1 aliphatic carbocycles. The van der Waals surface area contributed by atoms with E-state index in [4.69, 9.17) is 4.74 Å². The van der Waals surface area contributed by atoms with E-state index >= 15 is 0 Å². The van der Waals surface area contributed by atoms with Gasteiger partial charge in [-0.15, -0.1) is 0 Å². The molecule has 7 nitrogen and oxygen atoms in total. The number of carboxylic acids is 1. The molecular formula is C13H16N2O5. The van der Waals surface area contributed by atoms with Crippen molar-refractivity contribution in [3.8, 4) is 5.75 Å². The number of hydrogen-bond acceptors (Lipinski definition) is 5. The third-order valence-corrected chi connectivity index (χ3v) is 3.71. The summed E-state index contributed by atoms with van der Waals surface area (Å²) in [5.41, 5.74) is -0.370. The zero-order valence-electron chi connectivity index (χ0n) is 11.1. The van der Waals surface area contributed by atoms with Crippen LogP contribution >= 0.6 is 0 Å². The van der Waals surface area contributed by atoms with Crippen molar-refractivity contribution in [2.45, 2.75) is 31.3 Å². The SMILES string of the molecule is COc1ccc([N+](=O)[O-])cc1CNC1(C(=O)O)CCC1. The topological polar surface area (TPSA) is 102 Å². The number of rotatable bonds is 6. The quantitative estimate of drug-likeness (QED) is 0.607. The molecule has 0 bridgehead atoms. The van der Waals surface area contributed by atoms with Gasteiger partial charge >= 0.3 is 5.97 Å². The molecule has 108 valence electrons. The summed E-state index contributed by atoms with van der Waals surface area (Å²) in [6.07, 6.45) is 2.00. The monoisotopic (exact) mass is 280 g/mol. The van der Waals surface area contributed by atoms with Crippen LogP contribution in [0.1, 0.15) is 24.8 Å². The van der Waals surface area contributed by atoms with Crippen molar-refractivity contribution in [2.24, 2.45) is 0 Å². The average Bonchev–Trinajstić information content (AvgIpc) is 2.36. The maximum absolute atomic E-state index is 11.3. The molecule has 0 amide bonds. The molecule has 0 aliphatic heterocycles. The van der Waals surface area contributed by atoms with Crippen LogP contribution < -0.4 is 10.1 Å². The van der Waals surface area contributed by atoms with Gasteiger partial charge in [-0.1, -0.05) is 0 Å². The maximum Gasteiger partial charge on any atom is 0.323 e. The lowest BCUT2D eigenvalue weighted by Crippen LogP contribution is -2.56. The molecule has 0 atom stereocenters. The van der Waals surface area contributed by atoms with Gasteiger partial charge in [0.25, 0.3) is 5.69 Å². The van der Waals surface area contributed by atoms with E-state index in [1.54, 1.807) is 0 Å². The first kappa shape index (κ1) is 14.3. The van der Waals surface area contributed by atoms with Gasteiger partial charge in [-0.3, -0.25) is 20.2 Å². The Kier molecular flexibility index (Phi) is 3.89. The minimum absolute atomic E-state index is 0.0411. The van der Waals surface area contributed by atoms with Gasteiger partial charge in [-0.25, -0.2) is 0 Å². The first-order valence-electron chi connectivity index (χ1n) is 6.28. The zero-order valence-corrected chi connectivity index (χ0v) is 11.1. The van der Waals surface area contributed by atoms with Crippen LogP contribution in [0.5, 0.6) is 5.75 Å². The number of benzene rings is 1. The molecule has 0 unspecified atom stereocenters. The number of aliphatic carboxylic acids is 1. The molecule has 0 aromatic heterocycles. The molecule has 1 aromatic rings. The molecule has 1 saturated carbocycles. The van der Waals surface area contributed by atoms with Crippen LogP contribution in [-0.4, -0.2) is 28.6 Å². The predicted molar refractivity (Wildman–Crippen MR) is 70.7 cm³/mol. The van der Waals surface area contributed by atoms with Gasteiger partial charge in [0.15, 0.2) is 0 Å². The van der Waals surface area contributed by atoms with Crippen molar-refractivity contribution in [3.05, 3.63) is 33.9 Å². The van der Waals surface area contributed by atoms with Crippen LogP contribution in [0.3, 0.4) is 0 Å². The fourth-order valence-corrected chi connectivity index (χ4v) is 2.28. The van der Waals surface area contributed by atoms with Crippen LogP contribution in [0.2, 0.25) is 0 Å². The van der Waals surface area contributed by atoms with Gasteiger partial charge in [0, 0.05) is 24.2 Å². The van der Waals surface area contributed by atoms with E-state index in [9.17, 15) is 20.0 Å². The number of non-ortho nitro benzene ring substituents is 1. The zero-order chi connectivity index (χ0) is 14.8. The maximum atomic E-state index is 11.3. The van der Waals surface area contributed by atoms with E-state index in [0.717, 1.165) is 6.42 Å². The molecular weight excluding hydrogens is 264 g/mol. The summed E-state index contributed by atoms with van der Waals surface area (Å²) in [5.74, 6) is -0.379. The highest BCUT2D eigenvalue weighted by Gasteiger charge is 2.43. The van der Waals surface area contributed by atoms with E-state index in [-0.39, 0.29) is 12.2 Å². The third kappa shape index (κ3) is 2.57. The highest BCUT2D eigenvalue weighted by molar-refractivity contribution is 5.80. The number of nitrogens with one attached hydrogen (secondary N) is 1. The van der Waals surface area contributed by atoms with Gasteiger partial charge in [0.2, 0.25) is 0 Å². The molecule has 0 heterocycles. The Hall–Kier alpha value is -2.15. The first-order chi connectivity index (χ1) is 9.48. The van der Waals surface area contributed by atoms with E-state index in [2.05, 4.69) is 5.32 Å². The van der Waals surface area contributed by atoms with Crippen molar-refractivity contribution >= 4 is 11.7 Å². The second-order valence-electron chi connectivity index (χ2n) is 4.85. The van der Waals surface area contributed by atoms with Crippen LogP contribution in [0.4, 0.5) is 5.69 Å². The number of methoxy groups -OCH3 is 1. The highest BCUT2D eigenvalue weighted by atomic mass is 16.6. The number of nitro groups is 1. The summed E-state index contributed by atoms with van der Waals surface area (Å²) < 4.78 is 5.15. The Morgan fingerprint density at radius 2 is 2.25 bits per heavy atom. The number of nitro benzene ring substituents is 1. The Morgan fingerprint density at radius 1 is 1.55 bits per heavy atom. The van der Waals surface area contributed by atoms with Crippen LogP contribution in [0, 0.1) is 10.1 Å². The Labute approximate surface area is 115 Å². The highest BCUT2D eigenvalue weighted by Crippen LogP contribution is 2.33. The minimum Gasteiger partial charge on any atom is -0.496 e. The summed E-state index contributed by atoms with van der Waals surface area (Å²) in [7, 11) is 1.47. The number of hydrogen-bond donors (Lipinski definition) is 2. The summed E-state index contributed by atoms with van der Waals surface area (Å²) in [6, 6.07) is 4.28. The number of carboxylic acid groups (broad SMARTS) is 1. The van der Waals surface area contributed by atoms with Gasteiger partial charge < -0.3 is 9.84 Å². The molecule has 0 spiro atoms. The van der Waals surface area contributed by atoms with Crippen molar-refractivity contribution < 1.29 is 19.6 Å². The lowest BCUT2D eigenvalue weighted by atomic mass is 9.76. The van der Waals surface area contributed by atoms with Crippen molar-refractivity contribution in [1.82, 2.24) is 5.32 Å². The van der Waals surface area contributed by atoms with Crippen LogP contribution in [-0.2, 0) is 11.3 Å².